The predicted octanol–water partition coefficient (Wildman–Crippen LogP) is 3.09. The number of nitrogens with two attached hydrogens (primary N) is 1. The number of aryl methyl sites for hydroxylation is 1. The maximum atomic E-state index is 12.6. The van der Waals surface area contributed by atoms with Gasteiger partial charge < -0.3 is 10.5 Å². The SMILES string of the molecule is Cc1cc(N2CCOC2=O)ccc1-n1ccc(=O)c(C(C=CN)=Nc2ccccc2)n1. The van der Waals surface area contributed by atoms with E-state index in [-0.39, 0.29) is 17.2 Å². The van der Waals surface area contributed by atoms with Crippen molar-refractivity contribution in [3.63, 3.8) is 0 Å². The summed E-state index contributed by atoms with van der Waals surface area (Å²) in [5.74, 6) is 0. The van der Waals surface area contributed by atoms with Crippen molar-refractivity contribution >= 4 is 23.2 Å². The molecular weight excluding hydrogens is 394 g/mol. The monoisotopic (exact) mass is 415 g/mol. The van der Waals surface area contributed by atoms with Gasteiger partial charge in [-0.05, 0) is 55.1 Å². The number of amides is 1. The molecule has 2 aromatic carbocycles. The van der Waals surface area contributed by atoms with Crippen LogP contribution in [0.2, 0.25) is 0 Å². The average Bonchev–Trinajstić information content (AvgIpc) is 3.20. The van der Waals surface area contributed by atoms with Crippen LogP contribution in [-0.4, -0.2) is 34.7 Å². The summed E-state index contributed by atoms with van der Waals surface area (Å²) in [6.07, 6.45) is 4.13. The summed E-state index contributed by atoms with van der Waals surface area (Å²) >= 11 is 0. The van der Waals surface area contributed by atoms with E-state index in [1.54, 1.807) is 21.9 Å². The minimum absolute atomic E-state index is 0.180. The number of aromatic nitrogens is 2. The fourth-order valence-electron chi connectivity index (χ4n) is 3.31. The highest BCUT2D eigenvalue weighted by atomic mass is 16.6. The van der Waals surface area contributed by atoms with Gasteiger partial charge in [-0.15, -0.1) is 0 Å². The van der Waals surface area contributed by atoms with Gasteiger partial charge in [-0.3, -0.25) is 9.69 Å². The van der Waals surface area contributed by atoms with Crippen LogP contribution in [-0.2, 0) is 4.74 Å². The minimum Gasteiger partial charge on any atom is -0.447 e. The average molecular weight is 415 g/mol. The maximum Gasteiger partial charge on any atom is 0.414 e. The van der Waals surface area contributed by atoms with Gasteiger partial charge in [0, 0.05) is 18.0 Å². The first-order valence-corrected chi connectivity index (χ1v) is 9.74. The molecule has 1 saturated heterocycles. The smallest absolute Gasteiger partial charge is 0.414 e. The largest absolute Gasteiger partial charge is 0.447 e. The van der Waals surface area contributed by atoms with Crippen molar-refractivity contribution in [3.8, 4) is 5.69 Å². The van der Waals surface area contributed by atoms with E-state index in [4.69, 9.17) is 10.5 Å². The molecule has 8 nitrogen and oxygen atoms in total. The Bertz CT molecular complexity index is 1230. The molecule has 156 valence electrons. The molecule has 0 bridgehead atoms. The standard InChI is InChI=1S/C23H21N5O3/c1-16-15-18(27-13-14-31-23(27)30)7-8-20(16)28-12-10-21(29)22(26-28)19(9-11-24)25-17-5-3-2-4-6-17/h2-12,15H,13-14,24H2,1H3. The zero-order valence-corrected chi connectivity index (χ0v) is 16.9. The van der Waals surface area contributed by atoms with Gasteiger partial charge in [0.05, 0.1) is 23.6 Å². The molecule has 8 heteroatoms. The number of benzene rings is 2. The van der Waals surface area contributed by atoms with Gasteiger partial charge in [0.2, 0.25) is 5.43 Å². The second-order valence-corrected chi connectivity index (χ2v) is 6.90. The Hall–Kier alpha value is -4.20. The number of nitrogens with zero attached hydrogens (tertiary/aromatic N) is 4. The van der Waals surface area contributed by atoms with Crippen molar-refractivity contribution in [2.24, 2.45) is 10.7 Å². The molecule has 3 aromatic rings. The number of carbonyl (C=O) groups is 1. The number of aliphatic imine (C=N–C) groups is 1. The normalized spacial score (nSPS) is 14.3. The Labute approximate surface area is 178 Å². The van der Waals surface area contributed by atoms with Crippen LogP contribution in [0.4, 0.5) is 16.2 Å². The van der Waals surface area contributed by atoms with Crippen LogP contribution < -0.4 is 16.1 Å². The zero-order chi connectivity index (χ0) is 21.8. The van der Waals surface area contributed by atoms with Crippen LogP contribution in [0.3, 0.4) is 0 Å². The summed E-state index contributed by atoms with van der Waals surface area (Å²) < 4.78 is 6.62. The molecule has 0 saturated carbocycles. The van der Waals surface area contributed by atoms with E-state index in [1.165, 1.54) is 12.3 Å². The summed E-state index contributed by atoms with van der Waals surface area (Å²) in [5.41, 5.74) is 8.96. The maximum absolute atomic E-state index is 12.6. The van der Waals surface area contributed by atoms with E-state index >= 15 is 0 Å². The molecule has 4 rings (SSSR count). The number of hydrogen-bond donors (Lipinski definition) is 1. The van der Waals surface area contributed by atoms with Crippen molar-refractivity contribution < 1.29 is 9.53 Å². The fourth-order valence-corrected chi connectivity index (χ4v) is 3.31. The van der Waals surface area contributed by atoms with Crippen molar-refractivity contribution in [3.05, 3.63) is 94.6 Å². The van der Waals surface area contributed by atoms with E-state index in [0.717, 1.165) is 16.9 Å². The van der Waals surface area contributed by atoms with Gasteiger partial charge in [-0.25, -0.2) is 14.5 Å². The van der Waals surface area contributed by atoms with Crippen LogP contribution in [0, 0.1) is 6.92 Å². The highest BCUT2D eigenvalue weighted by Crippen LogP contribution is 2.24. The van der Waals surface area contributed by atoms with Crippen molar-refractivity contribution in [2.45, 2.75) is 6.92 Å². The predicted molar refractivity (Wildman–Crippen MR) is 119 cm³/mol. The molecule has 0 aliphatic carbocycles. The fraction of sp³-hybridized carbons (Fsp3) is 0.130. The number of carbonyl (C=O) groups excluding carboxylic acids is 1. The summed E-state index contributed by atoms with van der Waals surface area (Å²) in [6.45, 7) is 2.81. The van der Waals surface area contributed by atoms with Gasteiger partial charge >= 0.3 is 6.09 Å². The number of ether oxygens (including phenoxy) is 1. The third-order valence-electron chi connectivity index (χ3n) is 4.81. The van der Waals surface area contributed by atoms with E-state index < -0.39 is 0 Å². The van der Waals surface area contributed by atoms with Crippen molar-refractivity contribution in [1.29, 1.82) is 0 Å². The summed E-state index contributed by atoms with van der Waals surface area (Å²) in [7, 11) is 0. The highest BCUT2D eigenvalue weighted by molar-refractivity contribution is 6.08. The molecule has 0 spiro atoms. The van der Waals surface area contributed by atoms with E-state index in [9.17, 15) is 9.59 Å². The molecule has 1 aromatic heterocycles. The van der Waals surface area contributed by atoms with Gasteiger partial charge in [0.15, 0.2) is 5.69 Å². The lowest BCUT2D eigenvalue weighted by molar-refractivity contribution is 0.181. The second kappa shape index (κ2) is 8.66. The Morgan fingerprint density at radius 3 is 2.65 bits per heavy atom. The van der Waals surface area contributed by atoms with Gasteiger partial charge in [-0.1, -0.05) is 18.2 Å². The van der Waals surface area contributed by atoms with Crippen molar-refractivity contribution in [2.75, 3.05) is 18.1 Å². The Morgan fingerprint density at radius 1 is 1.16 bits per heavy atom. The molecule has 0 radical (unpaired) electrons. The van der Waals surface area contributed by atoms with E-state index in [2.05, 4.69) is 10.1 Å². The molecule has 2 heterocycles. The topological polar surface area (TPSA) is 103 Å². The molecule has 0 atom stereocenters. The number of allylic oxidation sites excluding steroid dienone is 1. The van der Waals surface area contributed by atoms with Crippen LogP contribution in [0.5, 0.6) is 0 Å². The molecule has 2 N–H and O–H groups in total. The lowest BCUT2D eigenvalue weighted by Gasteiger charge is -2.16. The second-order valence-electron chi connectivity index (χ2n) is 6.90. The third-order valence-corrected chi connectivity index (χ3v) is 4.81. The summed E-state index contributed by atoms with van der Waals surface area (Å²) in [6, 6.07) is 16.3. The summed E-state index contributed by atoms with van der Waals surface area (Å²) in [4.78, 5) is 30.5. The number of anilines is 1. The van der Waals surface area contributed by atoms with Crippen LogP contribution in [0.25, 0.3) is 5.69 Å². The van der Waals surface area contributed by atoms with Crippen LogP contribution in [0.1, 0.15) is 11.3 Å². The van der Waals surface area contributed by atoms with Crippen LogP contribution in [0.15, 0.2) is 82.9 Å². The summed E-state index contributed by atoms with van der Waals surface area (Å²) in [5, 5.41) is 4.52. The lowest BCUT2D eigenvalue weighted by Crippen LogP contribution is -2.23. The minimum atomic E-state index is -0.355. The zero-order valence-electron chi connectivity index (χ0n) is 16.9. The molecule has 1 fully saturated rings. The highest BCUT2D eigenvalue weighted by Gasteiger charge is 2.24. The quantitative estimate of drug-likeness (QED) is 0.645. The first-order chi connectivity index (χ1) is 15.1. The number of para-hydroxylation sites is 1. The van der Waals surface area contributed by atoms with Crippen molar-refractivity contribution in [1.82, 2.24) is 9.78 Å². The molecule has 1 aliphatic rings. The lowest BCUT2D eigenvalue weighted by atomic mass is 10.1. The molecule has 0 unspecified atom stereocenters. The molecular formula is C23H21N5O3. The number of cyclic esters (lactones) is 1. The molecule has 1 amide bonds. The van der Waals surface area contributed by atoms with E-state index in [1.807, 2.05) is 55.5 Å². The number of hydrogen-bond acceptors (Lipinski definition) is 6. The molecule has 1 aliphatic heterocycles. The first kappa shape index (κ1) is 20.1. The third kappa shape index (κ3) is 4.23. The Kier molecular flexibility index (Phi) is 5.61. The number of rotatable bonds is 5. The Morgan fingerprint density at radius 2 is 1.97 bits per heavy atom. The van der Waals surface area contributed by atoms with Crippen LogP contribution >= 0.6 is 0 Å². The Balaban J connectivity index is 1.74. The molecule has 31 heavy (non-hydrogen) atoms. The van der Waals surface area contributed by atoms with Gasteiger partial charge in [-0.2, -0.15) is 5.10 Å². The van der Waals surface area contributed by atoms with E-state index in [0.29, 0.717) is 24.6 Å². The first-order valence-electron chi connectivity index (χ1n) is 9.74. The van der Waals surface area contributed by atoms with Gasteiger partial charge in [0.25, 0.3) is 0 Å². The van der Waals surface area contributed by atoms with Gasteiger partial charge in [0.1, 0.15) is 6.61 Å².